The van der Waals surface area contributed by atoms with Crippen molar-refractivity contribution in [3.05, 3.63) is 191 Å². The average molecular weight is 777 g/mol. The van der Waals surface area contributed by atoms with Crippen LogP contribution in [0, 0.1) is 41.5 Å². The molecule has 0 spiro atoms. The summed E-state index contributed by atoms with van der Waals surface area (Å²) in [7, 11) is 0. The van der Waals surface area contributed by atoms with Gasteiger partial charge in [0.2, 0.25) is 0 Å². The summed E-state index contributed by atoms with van der Waals surface area (Å²) in [5, 5.41) is 8.90. The number of aryl methyl sites for hydroxylation is 6. The molecule has 0 aliphatic heterocycles. The van der Waals surface area contributed by atoms with Gasteiger partial charge in [0, 0.05) is 55.7 Å². The summed E-state index contributed by atoms with van der Waals surface area (Å²) in [4.78, 5) is 4.74. The van der Waals surface area contributed by atoms with E-state index in [1.165, 1.54) is 33.4 Å². The quantitative estimate of drug-likeness (QED) is 0.168. The fraction of sp³-hybridized carbons (Fsp3) is 0.107. The zero-order valence-corrected chi connectivity index (χ0v) is 34.7. The SMILES string of the molecule is Cc1cc(C)cc(N(c2ccc3cc4c(cc3c2)oc2ccc3oc5cc6cc(N(c7cc(C)cc(C)c7)c7ccccc7C)ccc6cc5c3c24)c2ccccc2C)c1. The largest absolute Gasteiger partial charge is 0.456 e. The highest BCUT2D eigenvalue weighted by atomic mass is 16.3. The minimum absolute atomic E-state index is 0.852. The Kier molecular flexibility index (Phi) is 8.15. The van der Waals surface area contributed by atoms with Crippen molar-refractivity contribution in [3.63, 3.8) is 0 Å². The lowest BCUT2D eigenvalue weighted by atomic mass is 10.00. The van der Waals surface area contributed by atoms with Gasteiger partial charge in [0.1, 0.15) is 22.3 Å². The Hall–Kier alpha value is -7.30. The zero-order chi connectivity index (χ0) is 40.8. The van der Waals surface area contributed by atoms with Crippen LogP contribution in [-0.4, -0.2) is 0 Å². The average Bonchev–Trinajstić information content (AvgIpc) is 3.76. The first kappa shape index (κ1) is 35.8. The van der Waals surface area contributed by atoms with Crippen LogP contribution in [0.25, 0.3) is 65.4 Å². The second-order valence-corrected chi connectivity index (χ2v) is 16.7. The van der Waals surface area contributed by atoms with E-state index in [4.69, 9.17) is 8.83 Å². The van der Waals surface area contributed by atoms with Crippen molar-refractivity contribution >= 4 is 99.5 Å². The Morgan fingerprint density at radius 3 is 1.12 bits per heavy atom. The summed E-state index contributed by atoms with van der Waals surface area (Å²) in [6.07, 6.45) is 0. The minimum Gasteiger partial charge on any atom is -0.456 e. The van der Waals surface area contributed by atoms with E-state index in [1.54, 1.807) is 0 Å². The van der Waals surface area contributed by atoms with E-state index in [0.29, 0.717) is 0 Å². The molecule has 0 aliphatic rings. The highest BCUT2D eigenvalue weighted by Gasteiger charge is 2.21. The van der Waals surface area contributed by atoms with Crippen molar-refractivity contribution < 1.29 is 8.83 Å². The van der Waals surface area contributed by atoms with Crippen molar-refractivity contribution in [2.45, 2.75) is 41.5 Å². The number of rotatable bonds is 6. The molecule has 0 amide bonds. The Labute approximate surface area is 349 Å². The summed E-state index contributed by atoms with van der Waals surface area (Å²) < 4.78 is 13.4. The second kappa shape index (κ2) is 13.6. The first-order valence-corrected chi connectivity index (χ1v) is 20.7. The topological polar surface area (TPSA) is 32.8 Å². The lowest BCUT2D eigenvalue weighted by molar-refractivity contribution is 0.663. The van der Waals surface area contributed by atoms with E-state index in [0.717, 1.165) is 99.5 Å². The van der Waals surface area contributed by atoms with E-state index in [9.17, 15) is 0 Å². The van der Waals surface area contributed by atoms with Crippen LogP contribution < -0.4 is 9.80 Å². The van der Waals surface area contributed by atoms with Gasteiger partial charge in [-0.25, -0.2) is 0 Å². The molecule has 0 radical (unpaired) electrons. The molecule has 0 N–H and O–H groups in total. The van der Waals surface area contributed by atoms with Crippen molar-refractivity contribution in [2.24, 2.45) is 0 Å². The molecule has 0 unspecified atom stereocenters. The van der Waals surface area contributed by atoms with Gasteiger partial charge in [0.05, 0.1) is 0 Å². The molecule has 0 saturated carbocycles. The maximum Gasteiger partial charge on any atom is 0.136 e. The molecule has 9 aromatic carbocycles. The van der Waals surface area contributed by atoms with Crippen LogP contribution in [-0.2, 0) is 0 Å². The molecule has 0 bridgehead atoms. The predicted molar refractivity (Wildman–Crippen MR) is 254 cm³/mol. The van der Waals surface area contributed by atoms with E-state index in [1.807, 2.05) is 0 Å². The molecule has 2 aromatic heterocycles. The normalized spacial score (nSPS) is 11.8. The first-order chi connectivity index (χ1) is 29.1. The van der Waals surface area contributed by atoms with Gasteiger partial charge < -0.3 is 18.6 Å². The van der Waals surface area contributed by atoms with Gasteiger partial charge in [0.15, 0.2) is 0 Å². The summed E-state index contributed by atoms with van der Waals surface area (Å²) in [5.41, 5.74) is 17.6. The number of hydrogen-bond donors (Lipinski definition) is 0. The molecule has 290 valence electrons. The van der Waals surface area contributed by atoms with Crippen molar-refractivity contribution in [3.8, 4) is 0 Å². The predicted octanol–water partition coefficient (Wildman–Crippen LogP) is 16.6. The number of para-hydroxylation sites is 2. The molecule has 11 rings (SSSR count). The third-order valence-corrected chi connectivity index (χ3v) is 12.1. The van der Waals surface area contributed by atoms with Crippen LogP contribution in [0.15, 0.2) is 167 Å². The lowest BCUT2D eigenvalue weighted by Crippen LogP contribution is -2.11. The number of hydrogen-bond acceptors (Lipinski definition) is 4. The molecule has 0 saturated heterocycles. The van der Waals surface area contributed by atoms with Crippen LogP contribution in [0.1, 0.15) is 33.4 Å². The molecule has 2 heterocycles. The van der Waals surface area contributed by atoms with Gasteiger partial charge >= 0.3 is 0 Å². The van der Waals surface area contributed by atoms with Crippen LogP contribution >= 0.6 is 0 Å². The van der Waals surface area contributed by atoms with E-state index >= 15 is 0 Å². The van der Waals surface area contributed by atoms with Crippen molar-refractivity contribution in [2.75, 3.05) is 9.80 Å². The van der Waals surface area contributed by atoms with Gasteiger partial charge in [-0.15, -0.1) is 0 Å². The number of anilines is 6. The summed E-state index contributed by atoms with van der Waals surface area (Å²) in [6.45, 7) is 13.0. The monoisotopic (exact) mass is 776 g/mol. The van der Waals surface area contributed by atoms with Crippen molar-refractivity contribution in [1.82, 2.24) is 0 Å². The summed E-state index contributed by atoms with van der Waals surface area (Å²) >= 11 is 0. The summed E-state index contributed by atoms with van der Waals surface area (Å²) in [6, 6.07) is 57.3. The fourth-order valence-corrected chi connectivity index (χ4v) is 9.52. The van der Waals surface area contributed by atoms with Gasteiger partial charge in [-0.2, -0.15) is 0 Å². The molecular formula is C56H44N2O2. The van der Waals surface area contributed by atoms with Crippen LogP contribution in [0.2, 0.25) is 0 Å². The minimum atomic E-state index is 0.852. The molecular weight excluding hydrogens is 733 g/mol. The highest BCUT2D eigenvalue weighted by Crippen LogP contribution is 2.45. The second-order valence-electron chi connectivity index (χ2n) is 16.7. The number of fused-ring (bicyclic) bond motifs is 9. The van der Waals surface area contributed by atoms with E-state index in [-0.39, 0.29) is 0 Å². The molecule has 11 aromatic rings. The van der Waals surface area contributed by atoms with Crippen LogP contribution in [0.3, 0.4) is 0 Å². The molecule has 4 nitrogen and oxygen atoms in total. The Morgan fingerprint density at radius 1 is 0.317 bits per heavy atom. The number of nitrogens with zero attached hydrogens (tertiary/aromatic N) is 2. The molecule has 0 atom stereocenters. The molecule has 4 heteroatoms. The van der Waals surface area contributed by atoms with Crippen molar-refractivity contribution in [1.29, 1.82) is 0 Å². The van der Waals surface area contributed by atoms with Gasteiger partial charge in [0.25, 0.3) is 0 Å². The molecule has 60 heavy (non-hydrogen) atoms. The molecule has 0 fully saturated rings. The van der Waals surface area contributed by atoms with Crippen LogP contribution in [0.5, 0.6) is 0 Å². The maximum atomic E-state index is 6.69. The van der Waals surface area contributed by atoms with Gasteiger partial charge in [-0.3, -0.25) is 0 Å². The highest BCUT2D eigenvalue weighted by molar-refractivity contribution is 6.28. The Bertz CT molecular complexity index is 3260. The maximum absolute atomic E-state index is 6.69. The van der Waals surface area contributed by atoms with Gasteiger partial charge in [-0.05, 0) is 194 Å². The Balaban J connectivity index is 1.05. The Morgan fingerprint density at radius 2 is 0.717 bits per heavy atom. The van der Waals surface area contributed by atoms with E-state index < -0.39 is 0 Å². The zero-order valence-electron chi connectivity index (χ0n) is 34.7. The lowest BCUT2D eigenvalue weighted by Gasteiger charge is -2.28. The first-order valence-electron chi connectivity index (χ1n) is 20.7. The molecule has 0 aliphatic carbocycles. The standard InChI is InChI=1S/C56H44N2O2/c1-33-21-34(2)24-45(23-33)57(49-13-9-7-11-37(49)5)43-17-15-39-29-47-53(31-41(39)27-43)59-51-19-20-52-56(55(47)51)48-30-40-16-18-44(28-42(40)32-54(48)60-52)58(50-14-10-8-12-38(50)6)46-25-35(3)22-36(4)26-46/h7-32H,1-6H3. The smallest absolute Gasteiger partial charge is 0.136 e. The van der Waals surface area contributed by atoms with E-state index in [2.05, 4.69) is 209 Å². The van der Waals surface area contributed by atoms with Crippen LogP contribution in [0.4, 0.5) is 34.1 Å². The number of furan rings is 2. The third kappa shape index (κ3) is 5.90. The summed E-state index contributed by atoms with van der Waals surface area (Å²) in [5.74, 6) is 0. The number of benzene rings is 9. The fourth-order valence-electron chi connectivity index (χ4n) is 9.52. The van der Waals surface area contributed by atoms with Gasteiger partial charge in [-0.1, -0.05) is 60.7 Å². The third-order valence-electron chi connectivity index (χ3n) is 12.1.